The van der Waals surface area contributed by atoms with Gasteiger partial charge in [0.15, 0.2) is 5.76 Å². The van der Waals surface area contributed by atoms with E-state index in [9.17, 15) is 4.79 Å². The minimum Gasteiger partial charge on any atom is -0.456 e. The maximum absolute atomic E-state index is 11.8. The van der Waals surface area contributed by atoms with Crippen LogP contribution in [0.2, 0.25) is 0 Å². The fraction of sp³-hybridized carbons (Fsp3) is 0.583. The van der Waals surface area contributed by atoms with Gasteiger partial charge >= 0.3 is 0 Å². The Morgan fingerprint density at radius 3 is 2.81 bits per heavy atom. The highest BCUT2D eigenvalue weighted by Gasteiger charge is 2.28. The SMILES string of the molecule is Cc1cc(C)c(C(=O)NCC(N)C2CC2)o1. The largest absolute Gasteiger partial charge is 0.456 e. The molecule has 0 spiro atoms. The Labute approximate surface area is 95.2 Å². The molecule has 1 aromatic rings. The van der Waals surface area contributed by atoms with Gasteiger partial charge < -0.3 is 15.5 Å². The highest BCUT2D eigenvalue weighted by atomic mass is 16.3. The standard InChI is InChI=1S/C12H18N2O2/c1-7-5-8(2)16-11(7)12(15)14-6-10(13)9-3-4-9/h5,9-10H,3-4,6,13H2,1-2H3,(H,14,15). The Kier molecular flexibility index (Phi) is 3.01. The third-order valence-corrected chi connectivity index (χ3v) is 2.97. The molecule has 3 N–H and O–H groups in total. The molecule has 1 amide bonds. The number of carbonyl (C=O) groups excluding carboxylic acids is 1. The predicted molar refractivity (Wildman–Crippen MR) is 61.2 cm³/mol. The predicted octanol–water partition coefficient (Wildman–Crippen LogP) is 1.36. The van der Waals surface area contributed by atoms with E-state index in [1.807, 2.05) is 19.9 Å². The molecule has 0 bridgehead atoms. The molecule has 0 radical (unpaired) electrons. The van der Waals surface area contributed by atoms with Gasteiger partial charge in [0.2, 0.25) is 0 Å². The molecule has 1 heterocycles. The molecule has 1 fully saturated rings. The highest BCUT2D eigenvalue weighted by molar-refractivity contribution is 5.92. The monoisotopic (exact) mass is 222 g/mol. The van der Waals surface area contributed by atoms with Gasteiger partial charge in [-0.25, -0.2) is 0 Å². The van der Waals surface area contributed by atoms with Crippen molar-refractivity contribution in [2.45, 2.75) is 32.7 Å². The number of carbonyl (C=O) groups is 1. The fourth-order valence-electron chi connectivity index (χ4n) is 1.85. The normalized spacial score (nSPS) is 17.2. The second kappa shape index (κ2) is 4.29. The number of nitrogens with two attached hydrogens (primary N) is 1. The number of rotatable bonds is 4. The van der Waals surface area contributed by atoms with Gasteiger partial charge in [0.25, 0.3) is 5.91 Å². The van der Waals surface area contributed by atoms with Gasteiger partial charge in [-0.2, -0.15) is 0 Å². The van der Waals surface area contributed by atoms with Crippen molar-refractivity contribution in [2.24, 2.45) is 11.7 Å². The summed E-state index contributed by atoms with van der Waals surface area (Å²) in [5, 5.41) is 2.82. The first-order valence-corrected chi connectivity index (χ1v) is 5.68. The van der Waals surface area contributed by atoms with Gasteiger partial charge in [-0.3, -0.25) is 4.79 Å². The highest BCUT2D eigenvalue weighted by Crippen LogP contribution is 2.31. The molecule has 1 saturated carbocycles. The van der Waals surface area contributed by atoms with E-state index in [2.05, 4.69) is 5.32 Å². The van der Waals surface area contributed by atoms with E-state index in [1.54, 1.807) is 0 Å². The summed E-state index contributed by atoms with van der Waals surface area (Å²) in [5.74, 6) is 1.59. The maximum Gasteiger partial charge on any atom is 0.287 e. The first-order valence-electron chi connectivity index (χ1n) is 5.68. The average Bonchev–Trinajstić information content (AvgIpc) is 3.01. The quantitative estimate of drug-likeness (QED) is 0.808. The van der Waals surface area contributed by atoms with Crippen molar-refractivity contribution in [3.63, 3.8) is 0 Å². The van der Waals surface area contributed by atoms with Crippen LogP contribution in [0.5, 0.6) is 0 Å². The molecule has 1 aliphatic carbocycles. The molecule has 1 atom stereocenters. The number of amides is 1. The van der Waals surface area contributed by atoms with Crippen LogP contribution in [0.3, 0.4) is 0 Å². The van der Waals surface area contributed by atoms with Crippen LogP contribution in [0.4, 0.5) is 0 Å². The van der Waals surface area contributed by atoms with Crippen LogP contribution in [-0.4, -0.2) is 18.5 Å². The summed E-state index contributed by atoms with van der Waals surface area (Å²) >= 11 is 0. The molecule has 1 aliphatic rings. The van der Waals surface area contributed by atoms with Crippen molar-refractivity contribution >= 4 is 5.91 Å². The number of nitrogens with one attached hydrogen (secondary N) is 1. The Morgan fingerprint density at radius 2 is 2.31 bits per heavy atom. The first kappa shape index (κ1) is 11.2. The molecular weight excluding hydrogens is 204 g/mol. The van der Waals surface area contributed by atoms with Crippen LogP contribution in [0.15, 0.2) is 10.5 Å². The summed E-state index contributed by atoms with van der Waals surface area (Å²) in [6.45, 7) is 4.23. The van der Waals surface area contributed by atoms with Crippen molar-refractivity contribution in [3.8, 4) is 0 Å². The van der Waals surface area contributed by atoms with E-state index >= 15 is 0 Å². The molecule has 88 valence electrons. The molecule has 0 aliphatic heterocycles. The summed E-state index contributed by atoms with van der Waals surface area (Å²) < 4.78 is 5.33. The van der Waals surface area contributed by atoms with E-state index in [-0.39, 0.29) is 11.9 Å². The smallest absolute Gasteiger partial charge is 0.287 e. The van der Waals surface area contributed by atoms with E-state index < -0.39 is 0 Å². The zero-order valence-corrected chi connectivity index (χ0v) is 9.75. The van der Waals surface area contributed by atoms with Crippen molar-refractivity contribution in [3.05, 3.63) is 23.2 Å². The molecule has 1 aromatic heterocycles. The molecular formula is C12H18N2O2. The van der Waals surface area contributed by atoms with Gasteiger partial charge in [0.1, 0.15) is 5.76 Å². The van der Waals surface area contributed by atoms with E-state index in [4.69, 9.17) is 10.2 Å². The lowest BCUT2D eigenvalue weighted by Gasteiger charge is -2.10. The molecule has 16 heavy (non-hydrogen) atoms. The minimum absolute atomic E-state index is 0.0836. The van der Waals surface area contributed by atoms with Crippen LogP contribution in [0.1, 0.15) is 34.7 Å². The fourth-order valence-corrected chi connectivity index (χ4v) is 1.85. The topological polar surface area (TPSA) is 68.3 Å². The van der Waals surface area contributed by atoms with Gasteiger partial charge in [-0.1, -0.05) is 0 Å². The number of furan rings is 1. The van der Waals surface area contributed by atoms with E-state index in [0.29, 0.717) is 18.2 Å². The lowest BCUT2D eigenvalue weighted by Crippen LogP contribution is -2.38. The number of hydrogen-bond donors (Lipinski definition) is 2. The van der Waals surface area contributed by atoms with E-state index in [1.165, 1.54) is 12.8 Å². The summed E-state index contributed by atoms with van der Waals surface area (Å²) in [4.78, 5) is 11.8. The van der Waals surface area contributed by atoms with Crippen molar-refractivity contribution in [2.75, 3.05) is 6.54 Å². The van der Waals surface area contributed by atoms with Crippen LogP contribution in [0.25, 0.3) is 0 Å². The second-order valence-corrected chi connectivity index (χ2v) is 4.58. The molecule has 4 heteroatoms. The Bertz CT molecular complexity index is 394. The van der Waals surface area contributed by atoms with Gasteiger partial charge in [-0.15, -0.1) is 0 Å². The summed E-state index contributed by atoms with van der Waals surface area (Å²) in [5.41, 5.74) is 6.77. The van der Waals surface area contributed by atoms with Crippen LogP contribution in [-0.2, 0) is 0 Å². The second-order valence-electron chi connectivity index (χ2n) is 4.58. The zero-order valence-electron chi connectivity index (χ0n) is 9.75. The number of aryl methyl sites for hydroxylation is 2. The third-order valence-electron chi connectivity index (χ3n) is 2.97. The number of hydrogen-bond acceptors (Lipinski definition) is 3. The van der Waals surface area contributed by atoms with Gasteiger partial charge in [0, 0.05) is 18.2 Å². The minimum atomic E-state index is -0.165. The van der Waals surface area contributed by atoms with Crippen molar-refractivity contribution in [1.29, 1.82) is 0 Å². The van der Waals surface area contributed by atoms with Gasteiger partial charge in [-0.05, 0) is 38.7 Å². The average molecular weight is 222 g/mol. The van der Waals surface area contributed by atoms with Crippen LogP contribution < -0.4 is 11.1 Å². The molecule has 0 aromatic carbocycles. The lowest BCUT2D eigenvalue weighted by molar-refractivity contribution is 0.0920. The Morgan fingerprint density at radius 1 is 1.62 bits per heavy atom. The molecule has 1 unspecified atom stereocenters. The van der Waals surface area contributed by atoms with Crippen molar-refractivity contribution < 1.29 is 9.21 Å². The summed E-state index contributed by atoms with van der Waals surface area (Å²) in [6, 6.07) is 1.94. The zero-order chi connectivity index (χ0) is 11.7. The van der Waals surface area contributed by atoms with E-state index in [0.717, 1.165) is 11.3 Å². The molecule has 0 saturated heterocycles. The Balaban J connectivity index is 1.89. The maximum atomic E-state index is 11.8. The molecule has 2 rings (SSSR count). The molecule has 4 nitrogen and oxygen atoms in total. The van der Waals surface area contributed by atoms with Crippen molar-refractivity contribution in [1.82, 2.24) is 5.32 Å². The van der Waals surface area contributed by atoms with Gasteiger partial charge in [0.05, 0.1) is 0 Å². The van der Waals surface area contributed by atoms with Crippen LogP contribution in [0, 0.1) is 19.8 Å². The first-order chi connectivity index (χ1) is 7.58. The third kappa shape index (κ3) is 2.44. The summed E-state index contributed by atoms with van der Waals surface area (Å²) in [7, 11) is 0. The lowest BCUT2D eigenvalue weighted by atomic mass is 10.2. The summed E-state index contributed by atoms with van der Waals surface area (Å²) in [6.07, 6.45) is 2.38. The Hall–Kier alpha value is -1.29. The van der Waals surface area contributed by atoms with Crippen LogP contribution >= 0.6 is 0 Å².